The molecule has 34 heavy (non-hydrogen) atoms. The minimum absolute atomic E-state index is 0.0676. The highest BCUT2D eigenvalue weighted by atomic mass is 16.5. The Morgan fingerprint density at radius 1 is 1.00 bits per heavy atom. The predicted octanol–water partition coefficient (Wildman–Crippen LogP) is 5.24. The maximum absolute atomic E-state index is 13.3. The lowest BCUT2D eigenvalue weighted by atomic mass is 9.43. The fourth-order valence-corrected chi connectivity index (χ4v) is 9.39. The SMILES string of the molecule is CCCN(CCC)CC(=O)OC1C[C@]2(C)[C@@H](C(C)=O)CC[C@H]2[C@@H]2CCC3CC(O)CC[C@]3(C)[C@@H]12. The molecular weight excluding hydrogens is 426 g/mol. The van der Waals surface area contributed by atoms with E-state index in [4.69, 9.17) is 4.74 Å². The molecule has 0 heterocycles. The van der Waals surface area contributed by atoms with E-state index in [1.165, 1.54) is 0 Å². The van der Waals surface area contributed by atoms with E-state index in [2.05, 4.69) is 32.6 Å². The van der Waals surface area contributed by atoms with Crippen LogP contribution < -0.4 is 0 Å². The highest BCUT2D eigenvalue weighted by Crippen LogP contribution is 2.68. The van der Waals surface area contributed by atoms with Gasteiger partial charge >= 0.3 is 5.97 Å². The summed E-state index contributed by atoms with van der Waals surface area (Å²) in [5, 5.41) is 10.4. The lowest BCUT2D eigenvalue weighted by Gasteiger charge is -2.62. The van der Waals surface area contributed by atoms with Crippen LogP contribution >= 0.6 is 0 Å². The Morgan fingerprint density at radius 2 is 1.71 bits per heavy atom. The molecule has 0 bridgehead atoms. The van der Waals surface area contributed by atoms with E-state index >= 15 is 0 Å². The van der Waals surface area contributed by atoms with Gasteiger partial charge in [-0.25, -0.2) is 0 Å². The fourth-order valence-electron chi connectivity index (χ4n) is 9.39. The van der Waals surface area contributed by atoms with Crippen LogP contribution in [0.4, 0.5) is 0 Å². The number of hydrogen-bond donors (Lipinski definition) is 1. The Labute approximate surface area is 207 Å². The second kappa shape index (κ2) is 10.2. The van der Waals surface area contributed by atoms with Crippen molar-refractivity contribution < 1.29 is 19.4 Å². The summed E-state index contributed by atoms with van der Waals surface area (Å²) in [6, 6.07) is 0. The number of hydrogen-bond acceptors (Lipinski definition) is 5. The van der Waals surface area contributed by atoms with Crippen LogP contribution in [0.3, 0.4) is 0 Å². The Morgan fingerprint density at radius 3 is 2.35 bits per heavy atom. The summed E-state index contributed by atoms with van der Waals surface area (Å²) >= 11 is 0. The molecule has 0 aromatic heterocycles. The average Bonchev–Trinajstić information content (AvgIpc) is 3.11. The molecule has 4 saturated carbocycles. The standard InChI is InChI=1S/C29H49NO4/c1-6-14-30(15-7-2)18-26(33)34-25-17-29(5)23(19(3)31)10-11-24(29)22-9-8-20-16-21(32)12-13-28(20,4)27(22)25/h20-25,27,32H,6-18H2,1-5H3/t20?,21?,22-,23+,24-,25?,27+,28-,29+/m0/s1. The third kappa shape index (κ3) is 4.61. The first kappa shape index (κ1) is 26.1. The van der Waals surface area contributed by atoms with Gasteiger partial charge in [0.1, 0.15) is 11.9 Å². The molecule has 0 aromatic rings. The molecule has 0 spiro atoms. The molecule has 0 saturated heterocycles. The number of carbonyl (C=O) groups is 2. The summed E-state index contributed by atoms with van der Waals surface area (Å²) in [4.78, 5) is 28.2. The number of Topliss-reactive ketones (excluding diaryl/α,β-unsaturated/α-hetero) is 1. The zero-order chi connectivity index (χ0) is 24.7. The third-order valence-corrected chi connectivity index (χ3v) is 10.8. The Hall–Kier alpha value is -0.940. The van der Waals surface area contributed by atoms with Crippen molar-refractivity contribution in [1.82, 2.24) is 4.90 Å². The van der Waals surface area contributed by atoms with E-state index in [-0.39, 0.29) is 34.9 Å². The highest BCUT2D eigenvalue weighted by Gasteiger charge is 2.64. The summed E-state index contributed by atoms with van der Waals surface area (Å²) in [6.07, 6.45) is 9.77. The molecular formula is C29H49NO4. The maximum atomic E-state index is 13.3. The van der Waals surface area contributed by atoms with Gasteiger partial charge in [-0.2, -0.15) is 0 Å². The van der Waals surface area contributed by atoms with Gasteiger partial charge in [-0.1, -0.05) is 27.7 Å². The van der Waals surface area contributed by atoms with Crippen molar-refractivity contribution in [2.75, 3.05) is 19.6 Å². The van der Waals surface area contributed by atoms with Gasteiger partial charge in [-0.05, 0) is 113 Å². The molecule has 9 atom stereocenters. The zero-order valence-corrected chi connectivity index (χ0v) is 22.4. The predicted molar refractivity (Wildman–Crippen MR) is 134 cm³/mol. The van der Waals surface area contributed by atoms with Crippen LogP contribution in [0.2, 0.25) is 0 Å². The molecule has 0 amide bonds. The van der Waals surface area contributed by atoms with Crippen molar-refractivity contribution >= 4 is 11.8 Å². The average molecular weight is 476 g/mol. The van der Waals surface area contributed by atoms with Gasteiger partial charge < -0.3 is 9.84 Å². The van der Waals surface area contributed by atoms with Crippen LogP contribution in [0.5, 0.6) is 0 Å². The van der Waals surface area contributed by atoms with E-state index < -0.39 is 0 Å². The molecule has 5 nitrogen and oxygen atoms in total. The molecule has 4 aliphatic rings. The fraction of sp³-hybridized carbons (Fsp3) is 0.931. The van der Waals surface area contributed by atoms with Crippen molar-refractivity contribution in [3.05, 3.63) is 0 Å². The van der Waals surface area contributed by atoms with Crippen LogP contribution in [0.15, 0.2) is 0 Å². The minimum atomic E-state index is -0.185. The second-order valence-electron chi connectivity index (χ2n) is 12.8. The summed E-state index contributed by atoms with van der Waals surface area (Å²) in [5.74, 6) is 2.22. The number of esters is 1. The summed E-state index contributed by atoms with van der Waals surface area (Å²) in [7, 11) is 0. The van der Waals surface area contributed by atoms with Crippen LogP contribution in [0, 0.1) is 40.4 Å². The molecule has 194 valence electrons. The van der Waals surface area contributed by atoms with Gasteiger partial charge in [-0.15, -0.1) is 0 Å². The van der Waals surface area contributed by atoms with E-state index in [1.807, 2.05) is 0 Å². The first-order valence-electron chi connectivity index (χ1n) is 14.2. The van der Waals surface area contributed by atoms with Crippen LogP contribution in [-0.4, -0.2) is 53.6 Å². The van der Waals surface area contributed by atoms with Crippen molar-refractivity contribution in [3.63, 3.8) is 0 Å². The smallest absolute Gasteiger partial charge is 0.320 e. The van der Waals surface area contributed by atoms with Crippen molar-refractivity contribution in [2.45, 2.75) is 111 Å². The van der Waals surface area contributed by atoms with E-state index in [0.29, 0.717) is 36.0 Å². The number of fused-ring (bicyclic) bond motifs is 5. The Bertz CT molecular complexity index is 748. The zero-order valence-electron chi connectivity index (χ0n) is 22.4. The highest BCUT2D eigenvalue weighted by molar-refractivity contribution is 5.79. The minimum Gasteiger partial charge on any atom is -0.461 e. The van der Waals surface area contributed by atoms with E-state index in [0.717, 1.165) is 77.3 Å². The monoisotopic (exact) mass is 475 g/mol. The Balaban J connectivity index is 1.62. The quantitative estimate of drug-likeness (QED) is 0.486. The maximum Gasteiger partial charge on any atom is 0.320 e. The topological polar surface area (TPSA) is 66.8 Å². The molecule has 1 N–H and O–H groups in total. The first-order valence-corrected chi connectivity index (χ1v) is 14.2. The largest absolute Gasteiger partial charge is 0.461 e. The summed E-state index contributed by atoms with van der Waals surface area (Å²) < 4.78 is 6.47. The second-order valence-corrected chi connectivity index (χ2v) is 12.8. The van der Waals surface area contributed by atoms with Crippen LogP contribution in [-0.2, 0) is 14.3 Å². The van der Waals surface area contributed by atoms with E-state index in [1.54, 1.807) is 6.92 Å². The molecule has 0 radical (unpaired) electrons. The number of nitrogens with zero attached hydrogens (tertiary/aromatic N) is 1. The first-order chi connectivity index (χ1) is 16.1. The van der Waals surface area contributed by atoms with Crippen LogP contribution in [0.1, 0.15) is 98.8 Å². The Kier molecular flexibility index (Phi) is 7.84. The number of ketones is 1. The van der Waals surface area contributed by atoms with Crippen molar-refractivity contribution in [3.8, 4) is 0 Å². The lowest BCUT2D eigenvalue weighted by Crippen LogP contribution is -2.60. The molecule has 0 aromatic carbocycles. The third-order valence-electron chi connectivity index (χ3n) is 10.8. The number of carbonyl (C=O) groups excluding carboxylic acids is 2. The number of rotatable bonds is 8. The number of aliphatic hydroxyl groups is 1. The van der Waals surface area contributed by atoms with Crippen molar-refractivity contribution in [1.29, 1.82) is 0 Å². The molecule has 5 heteroatoms. The number of aliphatic hydroxyl groups excluding tert-OH is 1. The number of ether oxygens (including phenoxy) is 1. The summed E-state index contributed by atoms with van der Waals surface area (Å²) in [6.45, 7) is 13.0. The molecule has 4 aliphatic carbocycles. The van der Waals surface area contributed by atoms with Crippen LogP contribution in [0.25, 0.3) is 0 Å². The van der Waals surface area contributed by atoms with Gasteiger partial charge in [0.15, 0.2) is 0 Å². The van der Waals surface area contributed by atoms with Gasteiger partial charge in [0.05, 0.1) is 12.6 Å². The van der Waals surface area contributed by atoms with Gasteiger partial charge in [0.2, 0.25) is 0 Å². The van der Waals surface area contributed by atoms with Gasteiger partial charge in [-0.3, -0.25) is 14.5 Å². The summed E-state index contributed by atoms with van der Waals surface area (Å²) in [5.41, 5.74) is 0.0388. The lowest BCUT2D eigenvalue weighted by molar-refractivity contribution is -0.199. The molecule has 4 fully saturated rings. The molecule has 4 rings (SSSR count). The van der Waals surface area contributed by atoms with Gasteiger partial charge in [0, 0.05) is 11.8 Å². The van der Waals surface area contributed by atoms with Crippen molar-refractivity contribution in [2.24, 2.45) is 40.4 Å². The van der Waals surface area contributed by atoms with Gasteiger partial charge in [0.25, 0.3) is 0 Å². The normalized spacial score (nSPS) is 43.7. The molecule has 3 unspecified atom stereocenters. The molecule has 0 aliphatic heterocycles. The van der Waals surface area contributed by atoms with E-state index in [9.17, 15) is 14.7 Å².